The number of hydrogen-bond acceptors (Lipinski definition) is 3. The van der Waals surface area contributed by atoms with Crippen LogP contribution in [-0.2, 0) is 17.6 Å². The van der Waals surface area contributed by atoms with Crippen molar-refractivity contribution in [2.75, 3.05) is 13.1 Å². The maximum absolute atomic E-state index is 12.4. The molecule has 0 radical (unpaired) electrons. The highest BCUT2D eigenvalue weighted by atomic mass is 16.2. The van der Waals surface area contributed by atoms with Crippen LogP contribution in [0, 0.1) is 5.92 Å². The summed E-state index contributed by atoms with van der Waals surface area (Å²) in [5.74, 6) is 1.80. The Hall–Kier alpha value is -2.69. The number of carbonyl (C=O) groups excluding carboxylic acids is 1. The van der Waals surface area contributed by atoms with Gasteiger partial charge >= 0.3 is 0 Å². The molecule has 5 rings (SSSR count). The number of rotatable bonds is 5. The van der Waals surface area contributed by atoms with Crippen LogP contribution in [0.1, 0.15) is 43.1 Å². The number of carbonyl (C=O) groups is 1. The SMILES string of the molecule is O=C(C1CC1)N1CCC(n2c(CCc3ccccc3)nc3cccnc32)CC1. The van der Waals surface area contributed by atoms with Gasteiger partial charge in [-0.2, -0.15) is 0 Å². The van der Waals surface area contributed by atoms with Gasteiger partial charge in [0.15, 0.2) is 5.65 Å². The average Bonchev–Trinajstić information content (AvgIpc) is 3.53. The van der Waals surface area contributed by atoms with Crippen molar-refractivity contribution < 1.29 is 4.79 Å². The summed E-state index contributed by atoms with van der Waals surface area (Å²) < 4.78 is 2.36. The van der Waals surface area contributed by atoms with E-state index in [2.05, 4.69) is 50.8 Å². The fraction of sp³-hybridized carbons (Fsp3) is 0.435. The van der Waals surface area contributed by atoms with Crippen LogP contribution < -0.4 is 0 Å². The minimum absolute atomic E-state index is 0.314. The lowest BCUT2D eigenvalue weighted by Gasteiger charge is -2.33. The van der Waals surface area contributed by atoms with E-state index < -0.39 is 0 Å². The van der Waals surface area contributed by atoms with E-state index in [9.17, 15) is 4.79 Å². The van der Waals surface area contributed by atoms with E-state index in [-0.39, 0.29) is 0 Å². The number of piperidine rings is 1. The maximum atomic E-state index is 12.4. The van der Waals surface area contributed by atoms with Crippen molar-refractivity contribution in [2.24, 2.45) is 5.92 Å². The van der Waals surface area contributed by atoms with E-state index in [1.807, 2.05) is 12.3 Å². The molecule has 5 heteroatoms. The Labute approximate surface area is 165 Å². The average molecular weight is 374 g/mol. The molecular weight excluding hydrogens is 348 g/mol. The predicted molar refractivity (Wildman–Crippen MR) is 109 cm³/mol. The van der Waals surface area contributed by atoms with Gasteiger partial charge in [0.2, 0.25) is 5.91 Å². The first kappa shape index (κ1) is 17.4. The minimum atomic E-state index is 0.314. The van der Waals surface area contributed by atoms with Gasteiger partial charge in [0, 0.05) is 37.7 Å². The molecule has 3 heterocycles. The number of fused-ring (bicyclic) bond motifs is 1. The standard InChI is InChI=1S/C23H26N4O/c28-23(18-9-10-18)26-15-12-19(13-16-26)27-21(11-8-17-5-2-1-3-6-17)25-20-7-4-14-24-22(20)27/h1-7,14,18-19H,8-13,15-16H2. The van der Waals surface area contributed by atoms with Gasteiger partial charge in [-0.15, -0.1) is 0 Å². The van der Waals surface area contributed by atoms with Crippen molar-refractivity contribution in [3.63, 3.8) is 0 Å². The van der Waals surface area contributed by atoms with Crippen molar-refractivity contribution in [3.05, 3.63) is 60.0 Å². The predicted octanol–water partition coefficient (Wildman–Crippen LogP) is 3.79. The molecule has 1 aliphatic heterocycles. The first-order chi connectivity index (χ1) is 13.8. The quantitative estimate of drug-likeness (QED) is 0.683. The highest BCUT2D eigenvalue weighted by molar-refractivity contribution is 5.81. The third-order valence-corrected chi connectivity index (χ3v) is 6.07. The Morgan fingerprint density at radius 1 is 0.964 bits per heavy atom. The zero-order valence-corrected chi connectivity index (χ0v) is 16.1. The molecule has 2 aliphatic rings. The Kier molecular flexibility index (Phi) is 4.59. The van der Waals surface area contributed by atoms with Crippen molar-refractivity contribution in [1.29, 1.82) is 0 Å². The summed E-state index contributed by atoms with van der Waals surface area (Å²) in [6, 6.07) is 15.0. The van der Waals surface area contributed by atoms with Gasteiger partial charge in [-0.3, -0.25) is 4.79 Å². The molecular formula is C23H26N4O. The molecule has 0 unspecified atom stereocenters. The molecule has 0 bridgehead atoms. The summed E-state index contributed by atoms with van der Waals surface area (Å²) in [5, 5.41) is 0. The smallest absolute Gasteiger partial charge is 0.225 e. The first-order valence-electron chi connectivity index (χ1n) is 10.4. The van der Waals surface area contributed by atoms with E-state index in [1.54, 1.807) is 0 Å². The molecule has 1 aromatic carbocycles. The molecule has 144 valence electrons. The number of imidazole rings is 1. The second-order valence-corrected chi connectivity index (χ2v) is 8.06. The molecule has 1 amide bonds. The lowest BCUT2D eigenvalue weighted by molar-refractivity contribution is -0.133. The lowest BCUT2D eigenvalue weighted by atomic mass is 10.0. The second kappa shape index (κ2) is 7.38. The number of pyridine rings is 1. The second-order valence-electron chi connectivity index (χ2n) is 8.06. The number of benzene rings is 1. The van der Waals surface area contributed by atoms with Gasteiger partial charge < -0.3 is 9.47 Å². The Morgan fingerprint density at radius 2 is 1.75 bits per heavy atom. The van der Waals surface area contributed by atoms with E-state index in [0.717, 1.165) is 68.6 Å². The summed E-state index contributed by atoms with van der Waals surface area (Å²) in [6.07, 6.45) is 7.87. The number of aromatic nitrogens is 3. The summed E-state index contributed by atoms with van der Waals surface area (Å²) in [7, 11) is 0. The molecule has 0 atom stereocenters. The zero-order valence-electron chi connectivity index (χ0n) is 16.1. The van der Waals surface area contributed by atoms with Crippen LogP contribution in [0.4, 0.5) is 0 Å². The Bertz CT molecular complexity index is 969. The van der Waals surface area contributed by atoms with Gasteiger partial charge in [-0.25, -0.2) is 9.97 Å². The van der Waals surface area contributed by atoms with Crippen LogP contribution in [0.25, 0.3) is 11.2 Å². The number of amides is 1. The van der Waals surface area contributed by atoms with Gasteiger partial charge in [0.25, 0.3) is 0 Å². The van der Waals surface area contributed by atoms with Crippen molar-refractivity contribution in [3.8, 4) is 0 Å². The molecule has 0 spiro atoms. The summed E-state index contributed by atoms with van der Waals surface area (Å²) in [4.78, 5) is 24.0. The largest absolute Gasteiger partial charge is 0.342 e. The molecule has 1 saturated carbocycles. The molecule has 3 aromatic rings. The van der Waals surface area contributed by atoms with Crippen molar-refractivity contribution >= 4 is 17.1 Å². The van der Waals surface area contributed by atoms with E-state index in [1.165, 1.54) is 5.56 Å². The van der Waals surface area contributed by atoms with Crippen LogP contribution in [0.3, 0.4) is 0 Å². The van der Waals surface area contributed by atoms with Gasteiger partial charge in [0.1, 0.15) is 11.3 Å². The summed E-state index contributed by atoms with van der Waals surface area (Å²) in [5.41, 5.74) is 3.29. The van der Waals surface area contributed by atoms with Gasteiger partial charge in [0.05, 0.1) is 0 Å². The number of hydrogen-bond donors (Lipinski definition) is 0. The normalized spacial score (nSPS) is 17.9. The fourth-order valence-electron chi connectivity index (χ4n) is 4.37. The molecule has 28 heavy (non-hydrogen) atoms. The van der Waals surface area contributed by atoms with E-state index in [4.69, 9.17) is 4.98 Å². The monoisotopic (exact) mass is 374 g/mol. The minimum Gasteiger partial charge on any atom is -0.342 e. The number of aryl methyl sites for hydroxylation is 2. The van der Waals surface area contributed by atoms with Gasteiger partial charge in [-0.05, 0) is 49.8 Å². The highest BCUT2D eigenvalue weighted by Gasteiger charge is 2.35. The van der Waals surface area contributed by atoms with Gasteiger partial charge in [-0.1, -0.05) is 30.3 Å². The van der Waals surface area contributed by atoms with Crippen molar-refractivity contribution in [2.45, 2.75) is 44.6 Å². The number of likely N-dealkylation sites (tertiary alicyclic amines) is 1. The van der Waals surface area contributed by atoms with Crippen LogP contribution in [-0.4, -0.2) is 38.4 Å². The summed E-state index contributed by atoms with van der Waals surface area (Å²) in [6.45, 7) is 1.70. The molecule has 0 N–H and O–H groups in total. The number of nitrogens with zero attached hydrogens (tertiary/aromatic N) is 4. The van der Waals surface area contributed by atoms with E-state index >= 15 is 0 Å². The van der Waals surface area contributed by atoms with Crippen LogP contribution in [0.15, 0.2) is 48.7 Å². The lowest BCUT2D eigenvalue weighted by Crippen LogP contribution is -2.40. The maximum Gasteiger partial charge on any atom is 0.225 e. The summed E-state index contributed by atoms with van der Waals surface area (Å²) >= 11 is 0. The molecule has 5 nitrogen and oxygen atoms in total. The Morgan fingerprint density at radius 3 is 2.50 bits per heavy atom. The Balaban J connectivity index is 1.37. The van der Waals surface area contributed by atoms with Crippen LogP contribution in [0.2, 0.25) is 0 Å². The topological polar surface area (TPSA) is 51.0 Å². The molecule has 2 aromatic heterocycles. The molecule has 1 aliphatic carbocycles. The third kappa shape index (κ3) is 3.41. The first-order valence-corrected chi connectivity index (χ1v) is 10.4. The van der Waals surface area contributed by atoms with Crippen molar-refractivity contribution in [1.82, 2.24) is 19.4 Å². The van der Waals surface area contributed by atoms with E-state index in [0.29, 0.717) is 17.9 Å². The third-order valence-electron chi connectivity index (χ3n) is 6.07. The van der Waals surface area contributed by atoms with Crippen LogP contribution in [0.5, 0.6) is 0 Å². The fourth-order valence-corrected chi connectivity index (χ4v) is 4.37. The zero-order chi connectivity index (χ0) is 18.9. The highest BCUT2D eigenvalue weighted by Crippen LogP contribution is 2.34. The molecule has 2 fully saturated rings. The molecule has 1 saturated heterocycles. The van der Waals surface area contributed by atoms with Crippen LogP contribution >= 0.6 is 0 Å².